The van der Waals surface area contributed by atoms with Crippen molar-refractivity contribution < 1.29 is 4.74 Å². The Morgan fingerprint density at radius 3 is 2.55 bits per heavy atom. The van der Waals surface area contributed by atoms with Crippen LogP contribution in [0, 0.1) is 0 Å². The fourth-order valence-electron chi connectivity index (χ4n) is 2.41. The molecule has 0 atom stereocenters. The van der Waals surface area contributed by atoms with Crippen LogP contribution in [0.3, 0.4) is 0 Å². The largest absolute Gasteiger partial charge is 0.383 e. The van der Waals surface area contributed by atoms with E-state index in [-0.39, 0.29) is 12.1 Å². The van der Waals surface area contributed by atoms with E-state index >= 15 is 0 Å². The number of hydrogen-bond acceptors (Lipinski definition) is 5. The fourth-order valence-corrected chi connectivity index (χ4v) is 2.41. The summed E-state index contributed by atoms with van der Waals surface area (Å²) in [6, 6.07) is 0. The number of nitrogens with two attached hydrogens (primary N) is 1. The number of aryl methyl sites for hydroxylation is 1. The summed E-state index contributed by atoms with van der Waals surface area (Å²) in [6.07, 6.45) is 1.58. The Morgan fingerprint density at radius 2 is 2.00 bits per heavy atom. The van der Waals surface area contributed by atoms with Crippen LogP contribution >= 0.6 is 0 Å². The lowest BCUT2D eigenvalue weighted by molar-refractivity contribution is 0.186. The topological polar surface area (TPSA) is 97.1 Å². The number of aromatic nitrogens is 4. The first kappa shape index (κ1) is 16.4. The highest BCUT2D eigenvalue weighted by Gasteiger charge is 2.21. The van der Waals surface area contributed by atoms with E-state index in [1.54, 1.807) is 31.9 Å². The van der Waals surface area contributed by atoms with E-state index in [2.05, 4.69) is 4.98 Å². The van der Waals surface area contributed by atoms with Gasteiger partial charge in [0.15, 0.2) is 11.2 Å². The number of imidazole rings is 1. The SMILES string of the molecule is CCn1cnc2c1c(=O)n(CC(C)(C)N)c(=O)n2CCOC. The van der Waals surface area contributed by atoms with Crippen LogP contribution in [0.4, 0.5) is 0 Å². The molecule has 0 aliphatic heterocycles. The highest BCUT2D eigenvalue weighted by atomic mass is 16.5. The molecule has 2 aromatic rings. The van der Waals surface area contributed by atoms with E-state index in [0.717, 1.165) is 0 Å². The van der Waals surface area contributed by atoms with Crippen molar-refractivity contribution in [3.05, 3.63) is 27.2 Å². The number of rotatable bonds is 6. The molecule has 2 aromatic heterocycles. The van der Waals surface area contributed by atoms with Gasteiger partial charge in [0.2, 0.25) is 0 Å². The molecule has 0 aliphatic rings. The normalized spacial score (nSPS) is 12.2. The lowest BCUT2D eigenvalue weighted by Gasteiger charge is -2.20. The maximum absolute atomic E-state index is 12.7. The second-order valence-electron chi connectivity index (χ2n) is 6.01. The Bertz CT molecular complexity index is 779. The highest BCUT2D eigenvalue weighted by molar-refractivity contribution is 5.70. The van der Waals surface area contributed by atoms with Crippen molar-refractivity contribution >= 4 is 11.2 Å². The van der Waals surface area contributed by atoms with Gasteiger partial charge in [0, 0.05) is 25.7 Å². The zero-order chi connectivity index (χ0) is 16.5. The van der Waals surface area contributed by atoms with Gasteiger partial charge in [0.1, 0.15) is 0 Å². The first-order valence-electron chi connectivity index (χ1n) is 7.26. The second kappa shape index (κ2) is 6.05. The Labute approximate surface area is 128 Å². The van der Waals surface area contributed by atoms with Gasteiger partial charge in [0.25, 0.3) is 5.56 Å². The molecule has 0 aliphatic carbocycles. The van der Waals surface area contributed by atoms with Crippen LogP contribution in [-0.4, -0.2) is 37.9 Å². The molecule has 8 nitrogen and oxygen atoms in total. The summed E-state index contributed by atoms with van der Waals surface area (Å²) in [7, 11) is 1.56. The van der Waals surface area contributed by atoms with Gasteiger partial charge in [-0.05, 0) is 20.8 Å². The Morgan fingerprint density at radius 1 is 1.32 bits per heavy atom. The van der Waals surface area contributed by atoms with Gasteiger partial charge < -0.3 is 15.0 Å². The predicted molar refractivity (Wildman–Crippen MR) is 84.1 cm³/mol. The summed E-state index contributed by atoms with van der Waals surface area (Å²) in [5.74, 6) is 0. The number of fused-ring (bicyclic) bond motifs is 1. The third-order valence-electron chi connectivity index (χ3n) is 3.41. The molecule has 0 spiro atoms. The molecule has 0 saturated carbocycles. The molecule has 0 unspecified atom stereocenters. The molecule has 0 amide bonds. The van der Waals surface area contributed by atoms with Crippen molar-refractivity contribution in [2.75, 3.05) is 13.7 Å². The van der Waals surface area contributed by atoms with Crippen molar-refractivity contribution in [1.82, 2.24) is 18.7 Å². The van der Waals surface area contributed by atoms with E-state index < -0.39 is 11.2 Å². The summed E-state index contributed by atoms with van der Waals surface area (Å²) in [5.41, 5.74) is 5.36. The van der Waals surface area contributed by atoms with Gasteiger partial charge in [-0.3, -0.25) is 13.9 Å². The molecule has 8 heteroatoms. The minimum Gasteiger partial charge on any atom is -0.383 e. The molecule has 0 saturated heterocycles. The van der Waals surface area contributed by atoms with Crippen molar-refractivity contribution in [3.8, 4) is 0 Å². The molecular formula is C14H23N5O3. The van der Waals surface area contributed by atoms with E-state index in [4.69, 9.17) is 10.5 Å². The third kappa shape index (κ3) is 2.97. The van der Waals surface area contributed by atoms with Crippen LogP contribution in [0.25, 0.3) is 11.2 Å². The maximum Gasteiger partial charge on any atom is 0.332 e. The van der Waals surface area contributed by atoms with E-state index in [1.807, 2.05) is 6.92 Å². The fraction of sp³-hybridized carbons (Fsp3) is 0.643. The van der Waals surface area contributed by atoms with Gasteiger partial charge in [0.05, 0.1) is 19.5 Å². The molecule has 2 heterocycles. The molecule has 22 heavy (non-hydrogen) atoms. The minimum atomic E-state index is -0.674. The summed E-state index contributed by atoms with van der Waals surface area (Å²) >= 11 is 0. The number of ether oxygens (including phenoxy) is 1. The van der Waals surface area contributed by atoms with Crippen LogP contribution in [0.5, 0.6) is 0 Å². The van der Waals surface area contributed by atoms with Crippen molar-refractivity contribution in [1.29, 1.82) is 0 Å². The number of methoxy groups -OCH3 is 1. The van der Waals surface area contributed by atoms with Gasteiger partial charge >= 0.3 is 5.69 Å². The monoisotopic (exact) mass is 309 g/mol. The molecule has 122 valence electrons. The average molecular weight is 309 g/mol. The van der Waals surface area contributed by atoms with Crippen molar-refractivity contribution in [2.45, 2.75) is 45.9 Å². The van der Waals surface area contributed by atoms with E-state index in [0.29, 0.717) is 30.9 Å². The van der Waals surface area contributed by atoms with Crippen LogP contribution in [0.2, 0.25) is 0 Å². The smallest absolute Gasteiger partial charge is 0.332 e. The van der Waals surface area contributed by atoms with E-state index in [9.17, 15) is 9.59 Å². The van der Waals surface area contributed by atoms with Gasteiger partial charge in [-0.15, -0.1) is 0 Å². The quantitative estimate of drug-likeness (QED) is 0.794. The van der Waals surface area contributed by atoms with Crippen LogP contribution in [0.15, 0.2) is 15.9 Å². The number of nitrogens with zero attached hydrogens (tertiary/aromatic N) is 4. The van der Waals surface area contributed by atoms with Crippen LogP contribution in [0.1, 0.15) is 20.8 Å². The highest BCUT2D eigenvalue weighted by Crippen LogP contribution is 2.08. The molecule has 0 aromatic carbocycles. The first-order chi connectivity index (χ1) is 10.3. The average Bonchev–Trinajstić information content (AvgIpc) is 2.86. The Hall–Kier alpha value is -1.93. The lowest BCUT2D eigenvalue weighted by atomic mass is 10.1. The summed E-state index contributed by atoms with van der Waals surface area (Å²) < 4.78 is 9.44. The minimum absolute atomic E-state index is 0.141. The van der Waals surface area contributed by atoms with Crippen LogP contribution in [-0.2, 0) is 24.4 Å². The second-order valence-corrected chi connectivity index (χ2v) is 6.01. The van der Waals surface area contributed by atoms with Crippen LogP contribution < -0.4 is 17.0 Å². The summed E-state index contributed by atoms with van der Waals surface area (Å²) in [4.78, 5) is 29.6. The van der Waals surface area contributed by atoms with Gasteiger partial charge in [-0.25, -0.2) is 9.78 Å². The molecule has 2 N–H and O–H groups in total. The van der Waals surface area contributed by atoms with Crippen molar-refractivity contribution in [2.24, 2.45) is 5.73 Å². The summed E-state index contributed by atoms with van der Waals surface area (Å²) in [5, 5.41) is 0. The Kier molecular flexibility index (Phi) is 4.52. The molecule has 0 bridgehead atoms. The number of hydrogen-bond donors (Lipinski definition) is 1. The van der Waals surface area contributed by atoms with Gasteiger partial charge in [-0.2, -0.15) is 0 Å². The standard InChI is InChI=1S/C14H23N5O3/c1-5-17-9-16-11-10(17)12(20)19(8-14(2,3)15)13(21)18(11)6-7-22-4/h9H,5-8,15H2,1-4H3. The molecule has 0 fully saturated rings. The third-order valence-corrected chi connectivity index (χ3v) is 3.41. The molecular weight excluding hydrogens is 286 g/mol. The van der Waals surface area contributed by atoms with E-state index in [1.165, 1.54) is 9.13 Å². The molecule has 2 rings (SSSR count). The predicted octanol–water partition coefficient (Wildman–Crippen LogP) is -0.237. The zero-order valence-electron chi connectivity index (χ0n) is 13.5. The summed E-state index contributed by atoms with van der Waals surface area (Å²) in [6.45, 7) is 6.90. The zero-order valence-corrected chi connectivity index (χ0v) is 13.5. The van der Waals surface area contributed by atoms with Gasteiger partial charge in [-0.1, -0.05) is 0 Å². The lowest BCUT2D eigenvalue weighted by Crippen LogP contribution is -2.48. The maximum atomic E-state index is 12.7. The van der Waals surface area contributed by atoms with Crippen molar-refractivity contribution in [3.63, 3.8) is 0 Å². The first-order valence-corrected chi connectivity index (χ1v) is 7.26. The molecule has 0 radical (unpaired) electrons. The Balaban J connectivity index is 2.78.